The molecular weight excluding hydrogens is 208 g/mol. The van der Waals surface area contributed by atoms with Gasteiger partial charge in [0.05, 0.1) is 0 Å². The zero-order valence-corrected chi connectivity index (χ0v) is 11.6. The molecule has 1 heteroatoms. The average molecular weight is 232 g/mol. The van der Waals surface area contributed by atoms with E-state index in [2.05, 4.69) is 27.7 Å². The minimum absolute atomic E-state index is 0.0538. The van der Waals surface area contributed by atoms with E-state index in [1.165, 1.54) is 31.3 Å². The van der Waals surface area contributed by atoms with Gasteiger partial charge in [-0.05, 0) is 50.0 Å². The van der Waals surface area contributed by atoms with Crippen LogP contribution >= 0.6 is 0 Å². The second-order valence-corrected chi connectivity index (χ2v) is 7.25. The molecule has 1 nitrogen and oxygen atoms in total. The fourth-order valence-electron chi connectivity index (χ4n) is 5.80. The molecule has 0 heterocycles. The van der Waals surface area contributed by atoms with Gasteiger partial charge in [-0.25, -0.2) is 0 Å². The molecule has 0 amide bonds. The van der Waals surface area contributed by atoms with Crippen LogP contribution in [0, 0.1) is 22.2 Å². The molecule has 94 valence electrons. The van der Waals surface area contributed by atoms with E-state index in [-0.39, 0.29) is 16.2 Å². The molecule has 0 unspecified atom stereocenters. The van der Waals surface area contributed by atoms with Gasteiger partial charge in [-0.15, -0.1) is 0 Å². The smallest absolute Gasteiger partial charge is 0.163 e. The summed E-state index contributed by atoms with van der Waals surface area (Å²) in [5.41, 5.74) is 1.73. The largest absolute Gasteiger partial charge is 0.294 e. The Bertz CT molecular complexity index is 417. The lowest BCUT2D eigenvalue weighted by molar-refractivity contribution is -0.144. The maximum absolute atomic E-state index is 12.7. The second-order valence-electron chi connectivity index (χ2n) is 7.25. The van der Waals surface area contributed by atoms with E-state index in [9.17, 15) is 4.79 Å². The van der Waals surface area contributed by atoms with Crippen LogP contribution in [0.2, 0.25) is 0 Å². The van der Waals surface area contributed by atoms with Crippen molar-refractivity contribution in [3.05, 3.63) is 11.6 Å². The van der Waals surface area contributed by atoms with E-state index in [1.807, 2.05) is 6.08 Å². The summed E-state index contributed by atoms with van der Waals surface area (Å²) >= 11 is 0. The highest BCUT2D eigenvalue weighted by Gasteiger charge is 2.71. The van der Waals surface area contributed by atoms with Crippen LogP contribution < -0.4 is 0 Å². The third kappa shape index (κ3) is 0.971. The molecule has 0 saturated heterocycles. The molecule has 3 rings (SSSR count). The minimum atomic E-state index is -0.0538. The number of rotatable bonds is 0. The van der Waals surface area contributed by atoms with E-state index < -0.39 is 0 Å². The topological polar surface area (TPSA) is 17.1 Å². The maximum atomic E-state index is 12.7. The molecule has 3 aliphatic carbocycles. The summed E-state index contributed by atoms with van der Waals surface area (Å²) in [6.07, 6.45) is 8.09. The van der Waals surface area contributed by atoms with Gasteiger partial charge in [0, 0.05) is 10.8 Å². The average Bonchev–Trinajstić information content (AvgIpc) is 2.66. The number of hydrogen-bond acceptors (Lipinski definition) is 1. The predicted octanol–water partition coefficient (Wildman–Crippen LogP) is 4.13. The molecule has 0 spiro atoms. The van der Waals surface area contributed by atoms with Crippen LogP contribution in [0.3, 0.4) is 0 Å². The number of allylic oxidation sites excluding steroid dienone is 2. The molecule has 0 aliphatic heterocycles. The van der Waals surface area contributed by atoms with Gasteiger partial charge in [0.25, 0.3) is 0 Å². The molecule has 2 saturated carbocycles. The molecule has 3 aliphatic rings. The Hall–Kier alpha value is -0.590. The lowest BCUT2D eigenvalue weighted by Crippen LogP contribution is -2.54. The highest BCUT2D eigenvalue weighted by atomic mass is 16.1. The van der Waals surface area contributed by atoms with Gasteiger partial charge in [0.2, 0.25) is 0 Å². The second kappa shape index (κ2) is 3.05. The van der Waals surface area contributed by atoms with Crippen LogP contribution in [0.4, 0.5) is 0 Å². The van der Waals surface area contributed by atoms with Gasteiger partial charge in [0.1, 0.15) is 0 Å². The SMILES string of the molecule is CC1=CC(=O)[C@@]23CC[C@@H](C)[C@@]12CCCC3(C)C. The summed E-state index contributed by atoms with van der Waals surface area (Å²) in [5, 5.41) is 0. The molecular formula is C16H24O. The zero-order chi connectivity index (χ0) is 12.5. The third-order valence-corrected chi connectivity index (χ3v) is 6.56. The van der Waals surface area contributed by atoms with Crippen molar-refractivity contribution in [1.82, 2.24) is 0 Å². The molecule has 0 bridgehead atoms. The lowest BCUT2D eigenvalue weighted by Gasteiger charge is -2.56. The summed E-state index contributed by atoms with van der Waals surface area (Å²) in [6, 6.07) is 0. The minimum Gasteiger partial charge on any atom is -0.294 e. The Kier molecular flexibility index (Phi) is 2.06. The van der Waals surface area contributed by atoms with Gasteiger partial charge >= 0.3 is 0 Å². The first-order chi connectivity index (χ1) is 7.88. The number of carbonyl (C=O) groups is 1. The molecule has 0 radical (unpaired) electrons. The van der Waals surface area contributed by atoms with Gasteiger partial charge in [-0.3, -0.25) is 4.79 Å². The number of hydrogen-bond donors (Lipinski definition) is 0. The van der Waals surface area contributed by atoms with E-state index in [0.717, 1.165) is 6.42 Å². The van der Waals surface area contributed by atoms with E-state index >= 15 is 0 Å². The van der Waals surface area contributed by atoms with Crippen molar-refractivity contribution in [2.45, 2.75) is 59.8 Å². The zero-order valence-electron chi connectivity index (χ0n) is 11.6. The molecule has 0 aromatic heterocycles. The summed E-state index contributed by atoms with van der Waals surface area (Å²) in [5.74, 6) is 1.13. The van der Waals surface area contributed by atoms with Crippen LogP contribution in [0.5, 0.6) is 0 Å². The summed E-state index contributed by atoms with van der Waals surface area (Å²) in [4.78, 5) is 12.7. The van der Waals surface area contributed by atoms with Crippen molar-refractivity contribution in [2.75, 3.05) is 0 Å². The normalized spacial score (nSPS) is 47.6. The Morgan fingerprint density at radius 3 is 2.59 bits per heavy atom. The van der Waals surface area contributed by atoms with Gasteiger partial charge in [-0.1, -0.05) is 32.8 Å². The summed E-state index contributed by atoms with van der Waals surface area (Å²) < 4.78 is 0. The standard InChI is InChI=1S/C16H24O/c1-11-6-9-16-13(17)10-12(2)15(11,16)8-5-7-14(16,3)4/h10-11H,5-9H2,1-4H3/t11-,15+,16-/m1/s1. The Balaban J connectivity index is 2.26. The van der Waals surface area contributed by atoms with Gasteiger partial charge in [0.15, 0.2) is 5.78 Å². The molecule has 3 atom stereocenters. The lowest BCUT2D eigenvalue weighted by atomic mass is 9.46. The van der Waals surface area contributed by atoms with Crippen LogP contribution in [0.1, 0.15) is 59.8 Å². The summed E-state index contributed by atoms with van der Waals surface area (Å²) in [7, 11) is 0. The van der Waals surface area contributed by atoms with Gasteiger partial charge < -0.3 is 0 Å². The predicted molar refractivity (Wildman–Crippen MR) is 69.7 cm³/mol. The van der Waals surface area contributed by atoms with Gasteiger partial charge in [-0.2, -0.15) is 0 Å². The maximum Gasteiger partial charge on any atom is 0.163 e. The first kappa shape index (κ1) is 11.5. The highest BCUT2D eigenvalue weighted by molar-refractivity contribution is 6.01. The Morgan fingerprint density at radius 2 is 1.94 bits per heavy atom. The van der Waals surface area contributed by atoms with Crippen molar-refractivity contribution in [1.29, 1.82) is 0 Å². The van der Waals surface area contributed by atoms with Crippen LogP contribution in [0.25, 0.3) is 0 Å². The van der Waals surface area contributed by atoms with Crippen molar-refractivity contribution < 1.29 is 4.79 Å². The van der Waals surface area contributed by atoms with Crippen molar-refractivity contribution in [2.24, 2.45) is 22.2 Å². The van der Waals surface area contributed by atoms with Crippen molar-refractivity contribution in [3.8, 4) is 0 Å². The van der Waals surface area contributed by atoms with E-state index in [0.29, 0.717) is 11.7 Å². The summed E-state index contributed by atoms with van der Waals surface area (Å²) in [6.45, 7) is 9.26. The number of ketones is 1. The van der Waals surface area contributed by atoms with Crippen LogP contribution in [-0.4, -0.2) is 5.78 Å². The Labute approximate surface area is 105 Å². The van der Waals surface area contributed by atoms with Crippen LogP contribution in [0.15, 0.2) is 11.6 Å². The van der Waals surface area contributed by atoms with E-state index in [1.54, 1.807) is 0 Å². The van der Waals surface area contributed by atoms with Crippen molar-refractivity contribution in [3.63, 3.8) is 0 Å². The molecule has 17 heavy (non-hydrogen) atoms. The molecule has 0 N–H and O–H groups in total. The molecule has 0 aromatic carbocycles. The fourth-order valence-corrected chi connectivity index (χ4v) is 5.80. The highest BCUT2D eigenvalue weighted by Crippen LogP contribution is 2.74. The molecule has 0 aromatic rings. The first-order valence-corrected chi connectivity index (χ1v) is 7.12. The quantitative estimate of drug-likeness (QED) is 0.614. The van der Waals surface area contributed by atoms with Crippen LogP contribution in [-0.2, 0) is 4.79 Å². The first-order valence-electron chi connectivity index (χ1n) is 7.12. The van der Waals surface area contributed by atoms with E-state index in [4.69, 9.17) is 0 Å². The molecule has 2 fully saturated rings. The fraction of sp³-hybridized carbons (Fsp3) is 0.812. The monoisotopic (exact) mass is 232 g/mol. The van der Waals surface area contributed by atoms with Crippen molar-refractivity contribution >= 4 is 5.78 Å². The number of carbonyl (C=O) groups excluding carboxylic acids is 1. The third-order valence-electron chi connectivity index (χ3n) is 6.56. The Morgan fingerprint density at radius 1 is 1.24 bits per heavy atom.